The molecule has 0 amide bonds. The molecule has 0 aliphatic carbocycles. The van der Waals surface area contributed by atoms with E-state index in [1.165, 1.54) is 19.3 Å². The maximum absolute atomic E-state index is 3.89. The van der Waals surface area contributed by atoms with Gasteiger partial charge in [0.05, 0.1) is 0 Å². The van der Waals surface area contributed by atoms with E-state index in [1.807, 2.05) is 0 Å². The van der Waals surface area contributed by atoms with Crippen LogP contribution in [0.4, 0.5) is 0 Å². The standard InChI is InChI=1S/C10H21/c1-5-9(3)7-8-10(4)6-2/h9-10H,1,5-8H2,2-4H3/t9-,10?/m0/s1. The van der Waals surface area contributed by atoms with Crippen molar-refractivity contribution < 1.29 is 0 Å². The van der Waals surface area contributed by atoms with Crippen LogP contribution in [0.1, 0.15) is 46.5 Å². The molecule has 0 saturated heterocycles. The van der Waals surface area contributed by atoms with Gasteiger partial charge in [0.25, 0.3) is 0 Å². The van der Waals surface area contributed by atoms with Crippen LogP contribution in [0.2, 0.25) is 0 Å². The summed E-state index contributed by atoms with van der Waals surface area (Å²) in [6.07, 6.45) is 5.16. The van der Waals surface area contributed by atoms with Gasteiger partial charge in [0.2, 0.25) is 0 Å². The Morgan fingerprint density at radius 1 is 1.10 bits per heavy atom. The first kappa shape index (κ1) is 10.0. The molecule has 0 fully saturated rings. The molecule has 0 spiro atoms. The summed E-state index contributed by atoms with van der Waals surface area (Å²) in [6.45, 7) is 10.8. The van der Waals surface area contributed by atoms with E-state index in [0.717, 1.165) is 18.3 Å². The maximum atomic E-state index is 3.89. The smallest absolute Gasteiger partial charge is 0.0443 e. The van der Waals surface area contributed by atoms with Gasteiger partial charge in [0.15, 0.2) is 0 Å². The molecule has 0 aromatic heterocycles. The fraction of sp³-hybridized carbons (Fsp3) is 0.900. The van der Waals surface area contributed by atoms with Crippen molar-refractivity contribution in [3.63, 3.8) is 0 Å². The van der Waals surface area contributed by atoms with Crippen LogP contribution >= 0.6 is 0 Å². The van der Waals surface area contributed by atoms with Crippen LogP contribution in [0.3, 0.4) is 0 Å². The van der Waals surface area contributed by atoms with Crippen LogP contribution in [0.25, 0.3) is 0 Å². The molecular weight excluding hydrogens is 120 g/mol. The fourth-order valence-electron chi connectivity index (χ4n) is 0.917. The summed E-state index contributed by atoms with van der Waals surface area (Å²) < 4.78 is 0. The summed E-state index contributed by atoms with van der Waals surface area (Å²) >= 11 is 0. The van der Waals surface area contributed by atoms with E-state index >= 15 is 0 Å². The second kappa shape index (κ2) is 5.76. The molecule has 0 nitrogen and oxygen atoms in total. The predicted octanol–water partition coefficient (Wildman–Crippen LogP) is 3.67. The lowest BCUT2D eigenvalue weighted by atomic mass is 9.95. The lowest BCUT2D eigenvalue weighted by Gasteiger charge is -2.11. The van der Waals surface area contributed by atoms with E-state index in [9.17, 15) is 0 Å². The molecule has 0 aliphatic heterocycles. The Kier molecular flexibility index (Phi) is 5.76. The van der Waals surface area contributed by atoms with E-state index < -0.39 is 0 Å². The molecule has 0 aromatic carbocycles. The van der Waals surface area contributed by atoms with Gasteiger partial charge in [-0.2, -0.15) is 0 Å². The zero-order chi connectivity index (χ0) is 7.98. The first-order valence-electron chi connectivity index (χ1n) is 4.49. The third kappa shape index (κ3) is 4.84. The molecule has 0 heteroatoms. The van der Waals surface area contributed by atoms with Crippen molar-refractivity contribution in [1.82, 2.24) is 0 Å². The highest BCUT2D eigenvalue weighted by molar-refractivity contribution is 4.57. The van der Waals surface area contributed by atoms with Gasteiger partial charge in [-0.15, -0.1) is 0 Å². The summed E-state index contributed by atoms with van der Waals surface area (Å²) in [7, 11) is 0. The largest absolute Gasteiger partial charge is 0.0651 e. The van der Waals surface area contributed by atoms with Gasteiger partial charge in [-0.25, -0.2) is 0 Å². The minimum absolute atomic E-state index is 0.828. The maximum Gasteiger partial charge on any atom is -0.0443 e. The molecular formula is C10H21. The summed E-state index contributed by atoms with van der Waals surface area (Å²) in [4.78, 5) is 0. The average molecular weight is 141 g/mol. The van der Waals surface area contributed by atoms with Gasteiger partial charge < -0.3 is 0 Å². The normalized spacial score (nSPS) is 16.8. The second-order valence-corrected chi connectivity index (χ2v) is 3.48. The molecule has 0 rings (SSSR count). The van der Waals surface area contributed by atoms with Gasteiger partial charge in [0.1, 0.15) is 0 Å². The van der Waals surface area contributed by atoms with Crippen molar-refractivity contribution in [2.24, 2.45) is 11.8 Å². The first-order chi connectivity index (χ1) is 4.70. The Balaban J connectivity index is 3.17. The summed E-state index contributed by atoms with van der Waals surface area (Å²) in [5.74, 6) is 1.74. The lowest BCUT2D eigenvalue weighted by molar-refractivity contribution is 0.424. The van der Waals surface area contributed by atoms with Crippen LogP contribution in [-0.2, 0) is 0 Å². The van der Waals surface area contributed by atoms with Crippen LogP contribution in [0.15, 0.2) is 0 Å². The third-order valence-corrected chi connectivity index (χ3v) is 2.34. The third-order valence-electron chi connectivity index (χ3n) is 2.34. The van der Waals surface area contributed by atoms with E-state index in [0.29, 0.717) is 0 Å². The Bertz CT molecular complexity index is 56.4. The van der Waals surface area contributed by atoms with Crippen LogP contribution in [-0.4, -0.2) is 0 Å². The van der Waals surface area contributed by atoms with E-state index in [1.54, 1.807) is 0 Å². The summed E-state index contributed by atoms with van der Waals surface area (Å²) in [5.41, 5.74) is 0. The van der Waals surface area contributed by atoms with Crippen molar-refractivity contribution in [1.29, 1.82) is 0 Å². The van der Waals surface area contributed by atoms with Gasteiger partial charge >= 0.3 is 0 Å². The number of hydrogen-bond donors (Lipinski definition) is 0. The van der Waals surface area contributed by atoms with Crippen molar-refractivity contribution in [3.8, 4) is 0 Å². The Morgan fingerprint density at radius 2 is 1.60 bits per heavy atom. The van der Waals surface area contributed by atoms with Crippen LogP contribution in [0, 0.1) is 18.8 Å². The highest BCUT2D eigenvalue weighted by Gasteiger charge is 2.02. The van der Waals surface area contributed by atoms with Crippen molar-refractivity contribution in [2.45, 2.75) is 46.5 Å². The summed E-state index contributed by atoms with van der Waals surface area (Å²) in [6, 6.07) is 0. The molecule has 1 unspecified atom stereocenters. The average Bonchev–Trinajstić information content (AvgIpc) is 1.99. The molecule has 1 radical (unpaired) electrons. The van der Waals surface area contributed by atoms with E-state index in [4.69, 9.17) is 0 Å². The number of rotatable bonds is 5. The quantitative estimate of drug-likeness (QED) is 0.548. The van der Waals surface area contributed by atoms with Crippen LogP contribution < -0.4 is 0 Å². The Morgan fingerprint density at radius 3 is 2.00 bits per heavy atom. The molecule has 0 N–H and O–H groups in total. The Hall–Kier alpha value is 0. The molecule has 10 heavy (non-hydrogen) atoms. The topological polar surface area (TPSA) is 0 Å². The monoisotopic (exact) mass is 141 g/mol. The SMILES string of the molecule is [CH2]C[C@H](C)CCC(C)CC. The molecule has 61 valence electrons. The van der Waals surface area contributed by atoms with Gasteiger partial charge in [-0.05, 0) is 11.8 Å². The molecule has 2 atom stereocenters. The first-order valence-corrected chi connectivity index (χ1v) is 4.49. The minimum Gasteiger partial charge on any atom is -0.0651 e. The highest BCUT2D eigenvalue weighted by Crippen LogP contribution is 2.16. The van der Waals surface area contributed by atoms with E-state index in [-0.39, 0.29) is 0 Å². The number of hydrogen-bond acceptors (Lipinski definition) is 0. The molecule has 0 heterocycles. The van der Waals surface area contributed by atoms with E-state index in [2.05, 4.69) is 27.7 Å². The lowest BCUT2D eigenvalue weighted by Crippen LogP contribution is -1.97. The minimum atomic E-state index is 0.828. The second-order valence-electron chi connectivity index (χ2n) is 3.48. The van der Waals surface area contributed by atoms with Crippen molar-refractivity contribution in [3.05, 3.63) is 6.92 Å². The van der Waals surface area contributed by atoms with Gasteiger partial charge in [-0.3, -0.25) is 0 Å². The highest BCUT2D eigenvalue weighted by atomic mass is 14.1. The van der Waals surface area contributed by atoms with Crippen molar-refractivity contribution >= 4 is 0 Å². The zero-order valence-electron chi connectivity index (χ0n) is 7.69. The van der Waals surface area contributed by atoms with Gasteiger partial charge in [-0.1, -0.05) is 53.4 Å². The zero-order valence-corrected chi connectivity index (χ0v) is 7.69. The van der Waals surface area contributed by atoms with Crippen LogP contribution in [0.5, 0.6) is 0 Å². The Labute approximate surface area is 66.0 Å². The fourth-order valence-corrected chi connectivity index (χ4v) is 0.917. The molecule has 0 saturated carbocycles. The summed E-state index contributed by atoms with van der Waals surface area (Å²) in [5, 5.41) is 0. The molecule has 0 bridgehead atoms. The molecule has 0 aromatic rings. The van der Waals surface area contributed by atoms with Gasteiger partial charge in [0, 0.05) is 0 Å². The predicted molar refractivity (Wildman–Crippen MR) is 47.8 cm³/mol. The molecule has 0 aliphatic rings. The van der Waals surface area contributed by atoms with Crippen molar-refractivity contribution in [2.75, 3.05) is 0 Å².